The largest absolute Gasteiger partial charge is 0.353 e. The number of amides is 1. The van der Waals surface area contributed by atoms with E-state index in [0.29, 0.717) is 6.04 Å². The fourth-order valence-corrected chi connectivity index (χ4v) is 3.68. The number of aromatic nitrogens is 2. The van der Waals surface area contributed by atoms with Gasteiger partial charge < -0.3 is 10.2 Å². The fourth-order valence-electron chi connectivity index (χ4n) is 3.68. The molecule has 6 heteroatoms. The van der Waals surface area contributed by atoms with Crippen molar-refractivity contribution in [3.8, 4) is 0 Å². The van der Waals surface area contributed by atoms with Crippen molar-refractivity contribution in [1.29, 1.82) is 0 Å². The smallest absolute Gasteiger partial charge is 0.237 e. The number of nitrogens with zero attached hydrogens (tertiary/aromatic N) is 4. The molecule has 0 spiro atoms. The molecule has 1 aromatic heterocycles. The second-order valence-corrected chi connectivity index (χ2v) is 7.23. The first-order valence-electron chi connectivity index (χ1n) is 9.19. The van der Waals surface area contributed by atoms with Crippen LogP contribution < -0.4 is 10.2 Å². The number of nitrogens with one attached hydrogen (secondary N) is 1. The highest BCUT2D eigenvalue weighted by Gasteiger charge is 2.28. The number of rotatable bonds is 4. The summed E-state index contributed by atoms with van der Waals surface area (Å²) < 4.78 is 0. The Balaban J connectivity index is 1.46. The second kappa shape index (κ2) is 7.92. The quantitative estimate of drug-likeness (QED) is 0.909. The van der Waals surface area contributed by atoms with Crippen LogP contribution in [0.5, 0.6) is 0 Å². The van der Waals surface area contributed by atoms with Gasteiger partial charge in [-0.3, -0.25) is 14.7 Å². The number of piperazine rings is 1. The van der Waals surface area contributed by atoms with Gasteiger partial charge in [0.15, 0.2) is 0 Å². The average molecular weight is 331 g/mol. The van der Waals surface area contributed by atoms with Gasteiger partial charge in [-0.15, -0.1) is 0 Å². The van der Waals surface area contributed by atoms with Crippen molar-refractivity contribution in [3.63, 3.8) is 0 Å². The van der Waals surface area contributed by atoms with Crippen molar-refractivity contribution in [3.05, 3.63) is 18.6 Å². The number of carbonyl (C=O) groups excluding carboxylic acids is 1. The Morgan fingerprint density at radius 3 is 2.50 bits per heavy atom. The van der Waals surface area contributed by atoms with E-state index in [-0.39, 0.29) is 11.9 Å². The predicted molar refractivity (Wildman–Crippen MR) is 94.8 cm³/mol. The predicted octanol–water partition coefficient (Wildman–Crippen LogP) is 1.68. The molecule has 1 atom stereocenters. The van der Waals surface area contributed by atoms with E-state index in [9.17, 15) is 4.79 Å². The van der Waals surface area contributed by atoms with Gasteiger partial charge in [-0.1, -0.05) is 6.92 Å². The molecule has 0 aromatic carbocycles. The molecule has 2 aliphatic rings. The van der Waals surface area contributed by atoms with Gasteiger partial charge >= 0.3 is 0 Å². The Morgan fingerprint density at radius 2 is 1.88 bits per heavy atom. The summed E-state index contributed by atoms with van der Waals surface area (Å²) in [6.07, 6.45) is 9.93. The van der Waals surface area contributed by atoms with Gasteiger partial charge in [0.25, 0.3) is 0 Å². The van der Waals surface area contributed by atoms with Gasteiger partial charge in [0.1, 0.15) is 5.82 Å². The van der Waals surface area contributed by atoms with Crippen LogP contribution in [0.4, 0.5) is 5.82 Å². The van der Waals surface area contributed by atoms with Gasteiger partial charge in [0, 0.05) is 44.6 Å². The monoisotopic (exact) mass is 331 g/mol. The van der Waals surface area contributed by atoms with Crippen molar-refractivity contribution >= 4 is 11.7 Å². The molecule has 1 aliphatic carbocycles. The second-order valence-electron chi connectivity index (χ2n) is 7.23. The lowest BCUT2D eigenvalue weighted by atomic mass is 9.87. The van der Waals surface area contributed by atoms with E-state index >= 15 is 0 Å². The molecule has 2 heterocycles. The van der Waals surface area contributed by atoms with E-state index in [0.717, 1.165) is 50.8 Å². The lowest BCUT2D eigenvalue weighted by Crippen LogP contribution is -2.55. The van der Waals surface area contributed by atoms with E-state index in [1.165, 1.54) is 12.8 Å². The standard InChI is InChI=1S/C18H29N5O/c1-14-3-5-16(6-4-14)21-18(24)15(2)22-9-11-23(12-10-22)17-13-19-7-8-20-17/h7-8,13-16H,3-6,9-12H2,1-2H3,(H,21,24). The molecule has 1 amide bonds. The molecule has 1 aliphatic heterocycles. The number of hydrogen-bond acceptors (Lipinski definition) is 5. The number of anilines is 1. The van der Waals surface area contributed by atoms with Crippen LogP contribution >= 0.6 is 0 Å². The van der Waals surface area contributed by atoms with Crippen LogP contribution in [0.1, 0.15) is 39.5 Å². The Kier molecular flexibility index (Phi) is 5.66. The van der Waals surface area contributed by atoms with E-state index in [4.69, 9.17) is 0 Å². The lowest BCUT2D eigenvalue weighted by molar-refractivity contribution is -0.127. The maximum absolute atomic E-state index is 12.6. The first kappa shape index (κ1) is 17.1. The minimum atomic E-state index is -0.0617. The Morgan fingerprint density at radius 1 is 1.17 bits per heavy atom. The maximum Gasteiger partial charge on any atom is 0.237 e. The zero-order valence-corrected chi connectivity index (χ0v) is 14.8. The van der Waals surface area contributed by atoms with Crippen molar-refractivity contribution in [2.45, 2.75) is 51.6 Å². The topological polar surface area (TPSA) is 61.4 Å². The molecule has 0 radical (unpaired) electrons. The summed E-state index contributed by atoms with van der Waals surface area (Å²) in [5, 5.41) is 3.26. The van der Waals surface area contributed by atoms with Crippen LogP contribution in [0.25, 0.3) is 0 Å². The van der Waals surface area contributed by atoms with E-state index < -0.39 is 0 Å². The molecule has 1 aromatic rings. The summed E-state index contributed by atoms with van der Waals surface area (Å²) in [6.45, 7) is 7.87. The van der Waals surface area contributed by atoms with Crippen LogP contribution in [-0.2, 0) is 4.79 Å². The molecule has 6 nitrogen and oxygen atoms in total. The minimum absolute atomic E-state index is 0.0617. The van der Waals surface area contributed by atoms with Crippen molar-refractivity contribution < 1.29 is 4.79 Å². The highest BCUT2D eigenvalue weighted by Crippen LogP contribution is 2.23. The van der Waals surface area contributed by atoms with Crippen LogP contribution in [0, 0.1) is 5.92 Å². The van der Waals surface area contributed by atoms with E-state index in [2.05, 4.69) is 32.0 Å². The number of carbonyl (C=O) groups is 1. The SMILES string of the molecule is CC1CCC(NC(=O)C(C)N2CCN(c3cnccn3)CC2)CC1. The van der Waals surface area contributed by atoms with Gasteiger partial charge in [-0.2, -0.15) is 0 Å². The molecule has 1 saturated heterocycles. The first-order chi connectivity index (χ1) is 11.6. The summed E-state index contributed by atoms with van der Waals surface area (Å²) in [6, 6.07) is 0.311. The summed E-state index contributed by atoms with van der Waals surface area (Å²) in [7, 11) is 0. The molecular formula is C18H29N5O. The molecule has 132 valence electrons. The van der Waals surface area contributed by atoms with Gasteiger partial charge in [-0.25, -0.2) is 4.98 Å². The fraction of sp³-hybridized carbons (Fsp3) is 0.722. The summed E-state index contributed by atoms with van der Waals surface area (Å²) >= 11 is 0. The third kappa shape index (κ3) is 4.23. The Hall–Kier alpha value is -1.69. The molecule has 3 rings (SSSR count). The van der Waals surface area contributed by atoms with Crippen molar-refractivity contribution in [2.24, 2.45) is 5.92 Å². The molecule has 1 saturated carbocycles. The third-order valence-corrected chi connectivity index (χ3v) is 5.48. The van der Waals surface area contributed by atoms with Gasteiger partial charge in [0.05, 0.1) is 12.2 Å². The Bertz CT molecular complexity index is 521. The highest BCUT2D eigenvalue weighted by molar-refractivity contribution is 5.81. The Labute approximate surface area is 144 Å². The normalized spacial score (nSPS) is 26.8. The molecule has 1 N–H and O–H groups in total. The first-order valence-corrected chi connectivity index (χ1v) is 9.19. The third-order valence-electron chi connectivity index (χ3n) is 5.48. The van der Waals surface area contributed by atoms with Gasteiger partial charge in [-0.05, 0) is 38.5 Å². The zero-order chi connectivity index (χ0) is 16.9. The van der Waals surface area contributed by atoms with E-state index in [1.54, 1.807) is 18.6 Å². The summed E-state index contributed by atoms with van der Waals surface area (Å²) in [5.74, 6) is 1.91. The van der Waals surface area contributed by atoms with Crippen LogP contribution in [0.3, 0.4) is 0 Å². The molecular weight excluding hydrogens is 302 g/mol. The van der Waals surface area contributed by atoms with Crippen LogP contribution in [-0.4, -0.2) is 59.0 Å². The molecule has 24 heavy (non-hydrogen) atoms. The van der Waals surface area contributed by atoms with Crippen molar-refractivity contribution in [1.82, 2.24) is 20.2 Å². The van der Waals surface area contributed by atoms with Crippen LogP contribution in [0.15, 0.2) is 18.6 Å². The average Bonchev–Trinajstić information content (AvgIpc) is 2.64. The summed E-state index contributed by atoms with van der Waals surface area (Å²) in [4.78, 5) is 25.5. The van der Waals surface area contributed by atoms with Crippen molar-refractivity contribution in [2.75, 3.05) is 31.1 Å². The maximum atomic E-state index is 12.6. The highest BCUT2D eigenvalue weighted by atomic mass is 16.2. The summed E-state index contributed by atoms with van der Waals surface area (Å²) in [5.41, 5.74) is 0. The molecule has 1 unspecified atom stereocenters. The van der Waals surface area contributed by atoms with E-state index in [1.807, 2.05) is 6.92 Å². The molecule has 0 bridgehead atoms. The zero-order valence-electron chi connectivity index (χ0n) is 14.8. The number of hydrogen-bond donors (Lipinski definition) is 1. The lowest BCUT2D eigenvalue weighted by Gasteiger charge is -2.38. The molecule has 2 fully saturated rings. The van der Waals surface area contributed by atoms with Gasteiger partial charge in [0.2, 0.25) is 5.91 Å². The van der Waals surface area contributed by atoms with Crippen LogP contribution in [0.2, 0.25) is 0 Å². The minimum Gasteiger partial charge on any atom is -0.353 e.